The van der Waals surface area contributed by atoms with Gasteiger partial charge in [-0.05, 0) is 42.5 Å². The number of nitrogens with zero attached hydrogens (tertiary/aromatic N) is 2. The van der Waals surface area contributed by atoms with Gasteiger partial charge in [-0.2, -0.15) is 0 Å². The molecule has 56 heavy (non-hydrogen) atoms. The zero-order valence-electron chi connectivity index (χ0n) is 33.8. The van der Waals surface area contributed by atoms with E-state index < -0.39 is 0 Å². The summed E-state index contributed by atoms with van der Waals surface area (Å²) < 4.78 is 11.9. The number of rotatable bonds is 20. The van der Waals surface area contributed by atoms with Crippen LogP contribution < -0.4 is 20.1 Å². The molecule has 2 unspecified atom stereocenters. The van der Waals surface area contributed by atoms with Gasteiger partial charge >= 0.3 is 0 Å². The Kier molecular flexibility index (Phi) is 15.7. The molecule has 0 aromatic heterocycles. The average Bonchev–Trinajstić information content (AvgIpc) is 3.25. The van der Waals surface area contributed by atoms with E-state index in [1.165, 1.54) is 44.9 Å². The maximum absolute atomic E-state index is 13.3. The molecule has 2 aliphatic rings. The first-order valence-electron chi connectivity index (χ1n) is 21.0. The van der Waals surface area contributed by atoms with Crippen molar-refractivity contribution < 1.29 is 19.1 Å². The lowest BCUT2D eigenvalue weighted by Crippen LogP contribution is -2.65. The summed E-state index contributed by atoms with van der Waals surface area (Å²) in [5.74, 6) is 1.54. The summed E-state index contributed by atoms with van der Waals surface area (Å²) >= 11 is 0. The highest BCUT2D eigenvalue weighted by atomic mass is 16.5. The summed E-state index contributed by atoms with van der Waals surface area (Å²) in [6.45, 7) is 7.90. The minimum atomic E-state index is 0.00461. The fraction of sp³-hybridized carbons (Fsp3) is 0.458. The number of piperazine rings is 2. The van der Waals surface area contributed by atoms with Gasteiger partial charge in [0.05, 0.1) is 20.4 Å². The zero-order chi connectivity index (χ0) is 39.1. The lowest BCUT2D eigenvalue weighted by molar-refractivity contribution is -0.0370. The van der Waals surface area contributed by atoms with Crippen molar-refractivity contribution in [3.05, 3.63) is 130 Å². The minimum absolute atomic E-state index is 0.00461. The molecule has 4 aromatic rings. The number of ether oxygens (including phenoxy) is 2. The van der Waals surface area contributed by atoms with Gasteiger partial charge < -0.3 is 20.1 Å². The second-order valence-electron chi connectivity index (χ2n) is 15.4. The number of nitrogens with one attached hydrogen (secondary N) is 2. The first-order chi connectivity index (χ1) is 27.5. The fourth-order valence-electron chi connectivity index (χ4n) is 8.65. The van der Waals surface area contributed by atoms with Gasteiger partial charge in [-0.15, -0.1) is 0 Å². The van der Waals surface area contributed by atoms with Gasteiger partial charge in [-0.25, -0.2) is 0 Å². The van der Waals surface area contributed by atoms with E-state index >= 15 is 0 Å². The van der Waals surface area contributed by atoms with E-state index in [9.17, 15) is 9.59 Å². The number of hydrogen-bond acceptors (Lipinski definition) is 8. The van der Waals surface area contributed by atoms with Crippen molar-refractivity contribution in [2.75, 3.05) is 53.5 Å². The molecule has 0 radical (unpaired) electrons. The standard InChI is InChI=1S/C48H62N4O4/c1-4-5-6-7-8-9-16-21-46(51-28-26-49-34-42(51)30-38-22-24-40(32-44(38)55-2)47(53)36-17-12-10-13-18-36)52-29-27-50-35-43(52)31-39-23-25-41(33-45(39)56-3)48(54)37-19-14-11-15-20-37/h10-15,17-20,22-25,32-33,42-43,46,49-50H,4-9,16,21,26-31,34-35H2,1-3H3. The summed E-state index contributed by atoms with van der Waals surface area (Å²) in [5, 5.41) is 7.42. The SMILES string of the molecule is CCCCCCCCCC(N1CCNCC1Cc1ccc(C(=O)c2ccccc2)cc1OC)N1CCNCC1Cc1ccc(C(=O)c2ccccc2)cc1OC. The van der Waals surface area contributed by atoms with E-state index in [-0.39, 0.29) is 29.8 Å². The normalized spacial score (nSPS) is 18.3. The number of unbranched alkanes of at least 4 members (excludes halogenated alkanes) is 6. The predicted molar refractivity (Wildman–Crippen MR) is 226 cm³/mol. The topological polar surface area (TPSA) is 83.1 Å². The van der Waals surface area contributed by atoms with Crippen LogP contribution in [0.5, 0.6) is 11.5 Å². The van der Waals surface area contributed by atoms with Gasteiger partial charge in [0, 0.05) is 73.6 Å². The second kappa shape index (κ2) is 21.3. The van der Waals surface area contributed by atoms with Crippen molar-refractivity contribution in [2.24, 2.45) is 0 Å². The van der Waals surface area contributed by atoms with Crippen LogP contribution in [0.1, 0.15) is 101 Å². The molecule has 298 valence electrons. The van der Waals surface area contributed by atoms with E-state index in [1.807, 2.05) is 84.9 Å². The Hall–Kier alpha value is -4.34. The van der Waals surface area contributed by atoms with E-state index in [0.29, 0.717) is 22.3 Å². The third-order valence-corrected chi connectivity index (χ3v) is 11.7. The van der Waals surface area contributed by atoms with E-state index in [2.05, 4.69) is 39.5 Å². The molecule has 0 spiro atoms. The summed E-state index contributed by atoms with van der Waals surface area (Å²) in [4.78, 5) is 32.2. The molecule has 8 nitrogen and oxygen atoms in total. The molecule has 0 amide bonds. The summed E-state index contributed by atoms with van der Waals surface area (Å²) in [6, 6.07) is 31.4. The van der Waals surface area contributed by atoms with Crippen LogP contribution >= 0.6 is 0 Å². The van der Waals surface area contributed by atoms with Crippen LogP contribution in [-0.4, -0.2) is 93.1 Å². The number of carbonyl (C=O) groups excluding carboxylic acids is 2. The monoisotopic (exact) mass is 758 g/mol. The van der Waals surface area contributed by atoms with E-state index in [1.54, 1.807) is 14.2 Å². The van der Waals surface area contributed by atoms with Crippen molar-refractivity contribution in [2.45, 2.75) is 89.4 Å². The lowest BCUT2D eigenvalue weighted by atomic mass is 9.94. The number of carbonyl (C=O) groups is 2. The van der Waals surface area contributed by atoms with E-state index in [0.717, 1.165) is 81.2 Å². The van der Waals surface area contributed by atoms with Gasteiger partial charge in [-0.3, -0.25) is 19.4 Å². The molecule has 2 heterocycles. The summed E-state index contributed by atoms with van der Waals surface area (Å²) in [6.07, 6.45) is 12.0. The molecule has 0 bridgehead atoms. The van der Waals surface area contributed by atoms with Crippen molar-refractivity contribution in [3.63, 3.8) is 0 Å². The third-order valence-electron chi connectivity index (χ3n) is 11.7. The minimum Gasteiger partial charge on any atom is -0.496 e. The quantitative estimate of drug-likeness (QED) is 0.0695. The highest BCUT2D eigenvalue weighted by molar-refractivity contribution is 6.09. The molecule has 8 heteroatoms. The van der Waals surface area contributed by atoms with Crippen LogP contribution in [0.25, 0.3) is 0 Å². The fourth-order valence-corrected chi connectivity index (χ4v) is 8.65. The van der Waals surface area contributed by atoms with Crippen LogP contribution in [0, 0.1) is 0 Å². The Morgan fingerprint density at radius 3 is 1.50 bits per heavy atom. The van der Waals surface area contributed by atoms with Gasteiger partial charge in [0.15, 0.2) is 11.6 Å². The van der Waals surface area contributed by atoms with Crippen LogP contribution in [0.4, 0.5) is 0 Å². The Balaban J connectivity index is 1.24. The van der Waals surface area contributed by atoms with E-state index in [4.69, 9.17) is 9.47 Å². The molecular weight excluding hydrogens is 697 g/mol. The third kappa shape index (κ3) is 10.7. The molecule has 2 saturated heterocycles. The molecule has 0 saturated carbocycles. The van der Waals surface area contributed by atoms with Crippen LogP contribution in [-0.2, 0) is 12.8 Å². The average molecular weight is 759 g/mol. The summed E-state index contributed by atoms with van der Waals surface area (Å²) in [7, 11) is 3.42. The van der Waals surface area contributed by atoms with Crippen molar-refractivity contribution in [3.8, 4) is 11.5 Å². The molecular formula is C48H62N4O4. The van der Waals surface area contributed by atoms with Crippen molar-refractivity contribution in [1.29, 1.82) is 0 Å². The molecule has 2 atom stereocenters. The van der Waals surface area contributed by atoms with Gasteiger partial charge in [0.1, 0.15) is 11.5 Å². The maximum atomic E-state index is 13.3. The van der Waals surface area contributed by atoms with Crippen LogP contribution in [0.2, 0.25) is 0 Å². The lowest BCUT2D eigenvalue weighted by Gasteiger charge is -2.50. The summed E-state index contributed by atoms with van der Waals surface area (Å²) in [5.41, 5.74) is 4.89. The zero-order valence-corrected chi connectivity index (χ0v) is 33.8. The number of hydrogen-bond donors (Lipinski definition) is 2. The highest BCUT2D eigenvalue weighted by Gasteiger charge is 2.37. The van der Waals surface area contributed by atoms with Crippen LogP contribution in [0.15, 0.2) is 97.1 Å². The number of benzene rings is 4. The second-order valence-corrected chi connectivity index (χ2v) is 15.4. The maximum Gasteiger partial charge on any atom is 0.193 e. The van der Waals surface area contributed by atoms with Crippen LogP contribution in [0.3, 0.4) is 0 Å². The first kappa shape index (κ1) is 41.3. The number of methoxy groups -OCH3 is 2. The molecule has 4 aromatic carbocycles. The van der Waals surface area contributed by atoms with Gasteiger partial charge in [-0.1, -0.05) is 137 Å². The predicted octanol–water partition coefficient (Wildman–Crippen LogP) is 7.97. The Morgan fingerprint density at radius 2 is 1.05 bits per heavy atom. The highest BCUT2D eigenvalue weighted by Crippen LogP contribution is 2.31. The van der Waals surface area contributed by atoms with Gasteiger partial charge in [0.2, 0.25) is 0 Å². The number of ketones is 2. The Bertz CT molecular complexity index is 1710. The molecule has 2 fully saturated rings. The van der Waals surface area contributed by atoms with Crippen molar-refractivity contribution >= 4 is 11.6 Å². The molecule has 2 aliphatic heterocycles. The van der Waals surface area contributed by atoms with Crippen molar-refractivity contribution in [1.82, 2.24) is 20.4 Å². The largest absolute Gasteiger partial charge is 0.496 e. The molecule has 6 rings (SSSR count). The first-order valence-corrected chi connectivity index (χ1v) is 21.0. The Labute approximate surface area is 335 Å². The Morgan fingerprint density at radius 1 is 0.607 bits per heavy atom. The molecule has 0 aliphatic carbocycles. The smallest absolute Gasteiger partial charge is 0.193 e. The molecule has 2 N–H and O–H groups in total. The van der Waals surface area contributed by atoms with Gasteiger partial charge in [0.25, 0.3) is 0 Å².